The van der Waals surface area contributed by atoms with Crippen molar-refractivity contribution in [3.63, 3.8) is 0 Å². The SMILES string of the molecule is CCOc1ccc(C(NC)c2occc2Br)cc1OCC. The van der Waals surface area contributed by atoms with Gasteiger partial charge in [-0.25, -0.2) is 0 Å². The highest BCUT2D eigenvalue weighted by atomic mass is 79.9. The second-order valence-electron chi connectivity index (χ2n) is 4.43. The quantitative estimate of drug-likeness (QED) is 0.811. The summed E-state index contributed by atoms with van der Waals surface area (Å²) in [7, 11) is 1.90. The van der Waals surface area contributed by atoms with Gasteiger partial charge in [0.05, 0.1) is 30.0 Å². The van der Waals surface area contributed by atoms with Gasteiger partial charge in [0.1, 0.15) is 5.76 Å². The molecule has 0 bridgehead atoms. The maximum Gasteiger partial charge on any atom is 0.161 e. The van der Waals surface area contributed by atoms with Crippen molar-refractivity contribution in [2.75, 3.05) is 20.3 Å². The normalized spacial score (nSPS) is 12.2. The Balaban J connectivity index is 2.38. The number of hydrogen-bond acceptors (Lipinski definition) is 4. The smallest absolute Gasteiger partial charge is 0.161 e. The van der Waals surface area contributed by atoms with Gasteiger partial charge in [-0.05, 0) is 60.6 Å². The molecule has 1 aromatic carbocycles. The van der Waals surface area contributed by atoms with E-state index < -0.39 is 0 Å². The van der Waals surface area contributed by atoms with E-state index in [1.165, 1.54) is 0 Å². The molecule has 5 heteroatoms. The zero-order valence-electron chi connectivity index (χ0n) is 12.5. The van der Waals surface area contributed by atoms with Crippen molar-refractivity contribution in [3.8, 4) is 11.5 Å². The Bertz CT molecular complexity index is 583. The molecule has 1 atom stereocenters. The Labute approximate surface area is 133 Å². The number of halogens is 1. The summed E-state index contributed by atoms with van der Waals surface area (Å²) in [4.78, 5) is 0. The van der Waals surface area contributed by atoms with Crippen molar-refractivity contribution in [1.82, 2.24) is 5.32 Å². The summed E-state index contributed by atoms with van der Waals surface area (Å²) in [5, 5.41) is 3.26. The third kappa shape index (κ3) is 3.60. The van der Waals surface area contributed by atoms with Gasteiger partial charge < -0.3 is 19.2 Å². The van der Waals surface area contributed by atoms with Crippen molar-refractivity contribution >= 4 is 15.9 Å². The summed E-state index contributed by atoms with van der Waals surface area (Å²) < 4.78 is 17.8. The van der Waals surface area contributed by atoms with Gasteiger partial charge in [-0.3, -0.25) is 0 Å². The van der Waals surface area contributed by atoms with Crippen LogP contribution in [-0.2, 0) is 0 Å². The highest BCUT2D eigenvalue weighted by Crippen LogP contribution is 2.35. The van der Waals surface area contributed by atoms with Crippen LogP contribution < -0.4 is 14.8 Å². The minimum Gasteiger partial charge on any atom is -0.490 e. The molecule has 0 aliphatic rings. The first kappa shape index (κ1) is 15.9. The molecule has 1 aromatic heterocycles. The molecule has 2 aromatic rings. The molecule has 0 spiro atoms. The van der Waals surface area contributed by atoms with Crippen LogP contribution in [0.2, 0.25) is 0 Å². The van der Waals surface area contributed by atoms with Crippen molar-refractivity contribution in [2.45, 2.75) is 19.9 Å². The lowest BCUT2D eigenvalue weighted by molar-refractivity contribution is 0.287. The molecule has 0 aliphatic carbocycles. The lowest BCUT2D eigenvalue weighted by Gasteiger charge is -2.18. The van der Waals surface area contributed by atoms with Crippen LogP contribution >= 0.6 is 15.9 Å². The van der Waals surface area contributed by atoms with Crippen molar-refractivity contribution in [3.05, 3.63) is 46.3 Å². The molecule has 2 rings (SSSR count). The molecule has 0 saturated heterocycles. The molecule has 4 nitrogen and oxygen atoms in total. The van der Waals surface area contributed by atoms with E-state index in [2.05, 4.69) is 21.2 Å². The first-order chi connectivity index (χ1) is 10.2. The summed E-state index contributed by atoms with van der Waals surface area (Å²) in [6.07, 6.45) is 1.67. The van der Waals surface area contributed by atoms with Crippen LogP contribution in [-0.4, -0.2) is 20.3 Å². The fourth-order valence-electron chi connectivity index (χ4n) is 2.21. The van der Waals surface area contributed by atoms with Gasteiger partial charge in [-0.15, -0.1) is 0 Å². The molecule has 21 heavy (non-hydrogen) atoms. The highest BCUT2D eigenvalue weighted by Gasteiger charge is 2.20. The Kier molecular flexibility index (Phi) is 5.70. The van der Waals surface area contributed by atoms with Gasteiger partial charge in [0, 0.05) is 0 Å². The topological polar surface area (TPSA) is 43.6 Å². The van der Waals surface area contributed by atoms with Crippen LogP contribution in [0.1, 0.15) is 31.2 Å². The van der Waals surface area contributed by atoms with Crippen LogP contribution in [0, 0.1) is 0 Å². The molecule has 114 valence electrons. The van der Waals surface area contributed by atoms with E-state index in [9.17, 15) is 0 Å². The van der Waals surface area contributed by atoms with E-state index in [1.807, 2.05) is 45.2 Å². The summed E-state index contributed by atoms with van der Waals surface area (Å²) in [6, 6.07) is 7.78. The van der Waals surface area contributed by atoms with Crippen molar-refractivity contribution in [1.29, 1.82) is 0 Å². The fourth-order valence-corrected chi connectivity index (χ4v) is 2.64. The number of ether oxygens (including phenoxy) is 2. The molecule has 1 N–H and O–H groups in total. The lowest BCUT2D eigenvalue weighted by Crippen LogP contribution is -2.17. The maximum absolute atomic E-state index is 5.68. The third-order valence-electron chi connectivity index (χ3n) is 3.10. The first-order valence-corrected chi connectivity index (χ1v) is 7.80. The minimum absolute atomic E-state index is 0.0516. The standard InChI is InChI=1S/C16H20BrNO3/c1-4-19-13-7-6-11(10-14(13)20-5-2)15(18-3)16-12(17)8-9-21-16/h6-10,15,18H,4-5H2,1-3H3. The summed E-state index contributed by atoms with van der Waals surface area (Å²) in [6.45, 7) is 5.12. The largest absolute Gasteiger partial charge is 0.490 e. The number of furan rings is 1. The summed E-state index contributed by atoms with van der Waals surface area (Å²) in [5.74, 6) is 2.35. The van der Waals surface area contributed by atoms with Crippen LogP contribution in [0.3, 0.4) is 0 Å². The summed E-state index contributed by atoms with van der Waals surface area (Å²) in [5.41, 5.74) is 1.06. The van der Waals surface area contributed by atoms with E-state index in [4.69, 9.17) is 13.9 Å². The molecule has 0 radical (unpaired) electrons. The van der Waals surface area contributed by atoms with Gasteiger partial charge in [0.15, 0.2) is 11.5 Å². The monoisotopic (exact) mass is 353 g/mol. The Morgan fingerprint density at radius 1 is 1.14 bits per heavy atom. The van der Waals surface area contributed by atoms with E-state index >= 15 is 0 Å². The molecule has 1 heterocycles. The summed E-state index contributed by atoms with van der Waals surface area (Å²) >= 11 is 3.50. The van der Waals surface area contributed by atoms with E-state index in [-0.39, 0.29) is 6.04 Å². The molecular weight excluding hydrogens is 334 g/mol. The average molecular weight is 354 g/mol. The maximum atomic E-state index is 5.68. The van der Waals surface area contributed by atoms with Crippen molar-refractivity contribution < 1.29 is 13.9 Å². The van der Waals surface area contributed by atoms with Crippen LogP contribution in [0.25, 0.3) is 0 Å². The number of hydrogen-bond donors (Lipinski definition) is 1. The molecule has 1 unspecified atom stereocenters. The average Bonchev–Trinajstić information content (AvgIpc) is 2.89. The van der Waals surface area contributed by atoms with E-state index in [1.54, 1.807) is 6.26 Å². The van der Waals surface area contributed by atoms with Gasteiger partial charge in [-0.1, -0.05) is 6.07 Å². The van der Waals surface area contributed by atoms with Gasteiger partial charge in [0.25, 0.3) is 0 Å². The lowest BCUT2D eigenvalue weighted by atomic mass is 10.0. The van der Waals surface area contributed by atoms with Crippen molar-refractivity contribution in [2.24, 2.45) is 0 Å². The van der Waals surface area contributed by atoms with E-state index in [0.717, 1.165) is 27.3 Å². The Hall–Kier alpha value is -1.46. The van der Waals surface area contributed by atoms with Crippen LogP contribution in [0.15, 0.2) is 39.4 Å². The number of benzene rings is 1. The van der Waals surface area contributed by atoms with Crippen LogP contribution in [0.5, 0.6) is 11.5 Å². The van der Waals surface area contributed by atoms with Gasteiger partial charge in [0.2, 0.25) is 0 Å². The molecule has 0 saturated carbocycles. The van der Waals surface area contributed by atoms with Gasteiger partial charge >= 0.3 is 0 Å². The highest BCUT2D eigenvalue weighted by molar-refractivity contribution is 9.10. The minimum atomic E-state index is -0.0516. The Morgan fingerprint density at radius 3 is 2.43 bits per heavy atom. The number of rotatable bonds is 7. The first-order valence-electron chi connectivity index (χ1n) is 7.00. The number of nitrogens with one attached hydrogen (secondary N) is 1. The predicted octanol–water partition coefficient (Wildman–Crippen LogP) is 4.15. The van der Waals surface area contributed by atoms with Gasteiger partial charge in [-0.2, -0.15) is 0 Å². The zero-order chi connectivity index (χ0) is 15.2. The second kappa shape index (κ2) is 7.52. The molecule has 0 fully saturated rings. The molecular formula is C16H20BrNO3. The third-order valence-corrected chi connectivity index (χ3v) is 3.75. The molecule has 0 aliphatic heterocycles. The van der Waals surface area contributed by atoms with E-state index in [0.29, 0.717) is 13.2 Å². The Morgan fingerprint density at radius 2 is 1.86 bits per heavy atom. The molecule has 0 amide bonds. The second-order valence-corrected chi connectivity index (χ2v) is 5.28. The predicted molar refractivity (Wildman–Crippen MR) is 86.1 cm³/mol. The fraction of sp³-hybridized carbons (Fsp3) is 0.375. The van der Waals surface area contributed by atoms with Crippen LogP contribution in [0.4, 0.5) is 0 Å². The zero-order valence-corrected chi connectivity index (χ0v) is 14.1.